The van der Waals surface area contributed by atoms with Gasteiger partial charge in [-0.1, -0.05) is 54.6 Å². The third-order valence-electron chi connectivity index (χ3n) is 5.94. The summed E-state index contributed by atoms with van der Waals surface area (Å²) in [4.78, 5) is 34.5. The summed E-state index contributed by atoms with van der Waals surface area (Å²) in [6.07, 6.45) is -0.901. The van der Waals surface area contributed by atoms with Gasteiger partial charge in [-0.05, 0) is 36.8 Å². The largest absolute Gasteiger partial charge is 0.496 e. The van der Waals surface area contributed by atoms with E-state index in [1.165, 1.54) is 4.90 Å². The Morgan fingerprint density at radius 3 is 2.26 bits per heavy atom. The molecule has 156 valence electrons. The van der Waals surface area contributed by atoms with Crippen molar-refractivity contribution in [3.63, 3.8) is 0 Å². The molecule has 0 unspecified atom stereocenters. The van der Waals surface area contributed by atoms with Gasteiger partial charge in [-0.2, -0.15) is 0 Å². The van der Waals surface area contributed by atoms with Crippen LogP contribution >= 0.6 is 0 Å². The van der Waals surface area contributed by atoms with E-state index in [4.69, 9.17) is 9.57 Å². The number of imide groups is 1. The molecule has 2 aliphatic heterocycles. The second kappa shape index (κ2) is 7.56. The van der Waals surface area contributed by atoms with Crippen LogP contribution in [0.15, 0.2) is 78.9 Å². The molecule has 0 aliphatic carbocycles. The number of fused-ring (bicyclic) bond motifs is 1. The second-order valence-electron chi connectivity index (χ2n) is 7.70. The third kappa shape index (κ3) is 2.99. The molecule has 31 heavy (non-hydrogen) atoms. The van der Waals surface area contributed by atoms with E-state index in [1.54, 1.807) is 18.2 Å². The van der Waals surface area contributed by atoms with Gasteiger partial charge in [0.25, 0.3) is 5.91 Å². The van der Waals surface area contributed by atoms with E-state index in [0.29, 0.717) is 11.4 Å². The van der Waals surface area contributed by atoms with Crippen molar-refractivity contribution >= 4 is 23.2 Å². The molecule has 3 aromatic rings. The fraction of sp³-hybridized carbons (Fsp3) is 0.200. The number of benzene rings is 3. The molecule has 0 bridgehead atoms. The van der Waals surface area contributed by atoms with Gasteiger partial charge in [0.05, 0.1) is 24.5 Å². The fourth-order valence-electron chi connectivity index (χ4n) is 4.49. The van der Waals surface area contributed by atoms with Crippen molar-refractivity contribution in [2.45, 2.75) is 19.1 Å². The van der Waals surface area contributed by atoms with E-state index >= 15 is 0 Å². The molecule has 3 aromatic carbocycles. The van der Waals surface area contributed by atoms with E-state index in [1.807, 2.05) is 79.7 Å². The minimum absolute atomic E-state index is 0.265. The van der Waals surface area contributed by atoms with Crippen molar-refractivity contribution < 1.29 is 19.2 Å². The number of carbonyl (C=O) groups excluding carboxylic acids is 2. The van der Waals surface area contributed by atoms with Gasteiger partial charge in [0.1, 0.15) is 11.7 Å². The summed E-state index contributed by atoms with van der Waals surface area (Å²) in [5, 5.41) is 1.68. The maximum atomic E-state index is 13.7. The number of rotatable bonds is 4. The Balaban J connectivity index is 1.63. The first-order valence-electron chi connectivity index (χ1n) is 10.2. The zero-order chi connectivity index (χ0) is 21.5. The number of carbonyl (C=O) groups is 2. The van der Waals surface area contributed by atoms with E-state index < -0.39 is 18.1 Å². The van der Waals surface area contributed by atoms with Crippen LogP contribution in [-0.4, -0.2) is 25.0 Å². The Bertz CT molecular complexity index is 1150. The molecule has 2 aliphatic rings. The van der Waals surface area contributed by atoms with Crippen molar-refractivity contribution in [1.82, 2.24) is 0 Å². The lowest BCUT2D eigenvalue weighted by Crippen LogP contribution is -2.37. The molecule has 0 saturated carbocycles. The SMILES string of the molecule is COc1ccccc1[C@H]1[C@H]2C(=O)N(c3ccccc3C)C(=O)[C@@H]2ON1c1ccccc1. The highest BCUT2D eigenvalue weighted by Gasteiger charge is 2.60. The topological polar surface area (TPSA) is 59.1 Å². The van der Waals surface area contributed by atoms with E-state index in [-0.39, 0.29) is 11.8 Å². The van der Waals surface area contributed by atoms with E-state index in [9.17, 15) is 9.59 Å². The number of para-hydroxylation sites is 3. The van der Waals surface area contributed by atoms with Gasteiger partial charge in [-0.25, -0.2) is 9.96 Å². The zero-order valence-electron chi connectivity index (χ0n) is 17.3. The molecule has 2 fully saturated rings. The summed E-state index contributed by atoms with van der Waals surface area (Å²) < 4.78 is 5.59. The predicted octanol–water partition coefficient (Wildman–Crippen LogP) is 4.05. The maximum Gasteiger partial charge on any atom is 0.266 e. The van der Waals surface area contributed by atoms with Crippen LogP contribution in [0.2, 0.25) is 0 Å². The number of methoxy groups -OCH3 is 1. The maximum absolute atomic E-state index is 13.7. The average Bonchev–Trinajstić information content (AvgIpc) is 3.31. The first kappa shape index (κ1) is 19.3. The van der Waals surface area contributed by atoms with Crippen LogP contribution in [0.1, 0.15) is 17.2 Å². The first-order valence-corrected chi connectivity index (χ1v) is 10.2. The molecule has 0 spiro atoms. The summed E-state index contributed by atoms with van der Waals surface area (Å²) in [6, 6.07) is 23.9. The van der Waals surface area contributed by atoms with Crippen LogP contribution in [0.25, 0.3) is 0 Å². The van der Waals surface area contributed by atoms with Gasteiger partial charge in [0.2, 0.25) is 5.91 Å². The van der Waals surface area contributed by atoms with Crippen molar-refractivity contribution in [2.24, 2.45) is 5.92 Å². The smallest absolute Gasteiger partial charge is 0.266 e. The summed E-state index contributed by atoms with van der Waals surface area (Å²) >= 11 is 0. The normalized spacial score (nSPS) is 22.7. The van der Waals surface area contributed by atoms with E-state index in [2.05, 4.69) is 0 Å². The van der Waals surface area contributed by atoms with Gasteiger partial charge in [-0.15, -0.1) is 0 Å². The monoisotopic (exact) mass is 414 g/mol. The van der Waals surface area contributed by atoms with Crippen LogP contribution in [-0.2, 0) is 14.4 Å². The molecule has 0 N–H and O–H groups in total. The van der Waals surface area contributed by atoms with Crippen LogP contribution in [0, 0.1) is 12.8 Å². The molecule has 3 atom stereocenters. The highest BCUT2D eigenvalue weighted by Crippen LogP contribution is 2.49. The molecule has 6 nitrogen and oxygen atoms in total. The molecular weight excluding hydrogens is 392 g/mol. The molecular formula is C25H22N2O4. The minimum atomic E-state index is -0.901. The van der Waals surface area contributed by atoms with Crippen LogP contribution < -0.4 is 14.7 Å². The second-order valence-corrected chi connectivity index (χ2v) is 7.70. The highest BCUT2D eigenvalue weighted by atomic mass is 16.7. The molecule has 2 saturated heterocycles. The lowest BCUT2D eigenvalue weighted by Gasteiger charge is -2.29. The number of hydrogen-bond donors (Lipinski definition) is 0. The van der Waals surface area contributed by atoms with Gasteiger partial charge >= 0.3 is 0 Å². The summed E-state index contributed by atoms with van der Waals surface area (Å²) in [5.41, 5.74) is 3.03. The Morgan fingerprint density at radius 1 is 0.839 bits per heavy atom. The Labute approximate surface area is 180 Å². The number of amides is 2. The Kier molecular flexibility index (Phi) is 4.71. The van der Waals surface area contributed by atoms with Crippen LogP contribution in [0.5, 0.6) is 5.75 Å². The lowest BCUT2D eigenvalue weighted by atomic mass is 9.90. The summed E-state index contributed by atoms with van der Waals surface area (Å²) in [6.45, 7) is 1.89. The number of nitrogens with zero attached hydrogens (tertiary/aromatic N) is 2. The molecule has 0 aromatic heterocycles. The van der Waals surface area contributed by atoms with Gasteiger partial charge in [0, 0.05) is 5.56 Å². The number of aryl methyl sites for hydroxylation is 1. The predicted molar refractivity (Wildman–Crippen MR) is 117 cm³/mol. The average molecular weight is 414 g/mol. The summed E-state index contributed by atoms with van der Waals surface area (Å²) in [7, 11) is 1.60. The van der Waals surface area contributed by atoms with Crippen molar-refractivity contribution in [1.29, 1.82) is 0 Å². The van der Waals surface area contributed by atoms with Crippen molar-refractivity contribution in [3.8, 4) is 5.75 Å². The minimum Gasteiger partial charge on any atom is -0.496 e. The van der Waals surface area contributed by atoms with Gasteiger partial charge in [-0.3, -0.25) is 14.4 Å². The van der Waals surface area contributed by atoms with Crippen LogP contribution in [0.3, 0.4) is 0 Å². The highest BCUT2D eigenvalue weighted by molar-refractivity contribution is 6.24. The molecule has 2 amide bonds. The number of hydrogen-bond acceptors (Lipinski definition) is 5. The number of ether oxygens (including phenoxy) is 1. The number of hydroxylamine groups is 1. The standard InChI is InChI=1S/C25H22N2O4/c1-16-10-6-8-14-19(16)26-24(28)21-22(18-13-7-9-15-20(18)30-2)27(31-23(21)25(26)29)17-11-4-3-5-12-17/h3-15,21-23H,1-2H3/t21-,22+,23-/m1/s1. The zero-order valence-corrected chi connectivity index (χ0v) is 17.3. The Hall–Kier alpha value is -3.64. The fourth-order valence-corrected chi connectivity index (χ4v) is 4.49. The van der Waals surface area contributed by atoms with Gasteiger partial charge < -0.3 is 4.74 Å². The summed E-state index contributed by atoms with van der Waals surface area (Å²) in [5.74, 6) is -0.655. The lowest BCUT2D eigenvalue weighted by molar-refractivity contribution is -0.126. The quantitative estimate of drug-likeness (QED) is 0.603. The molecule has 5 rings (SSSR count). The third-order valence-corrected chi connectivity index (χ3v) is 5.94. The molecule has 2 heterocycles. The van der Waals surface area contributed by atoms with Crippen molar-refractivity contribution in [2.75, 3.05) is 17.1 Å². The molecule has 0 radical (unpaired) electrons. The van der Waals surface area contributed by atoms with Gasteiger partial charge in [0.15, 0.2) is 6.10 Å². The first-order chi connectivity index (χ1) is 15.1. The Morgan fingerprint density at radius 2 is 1.52 bits per heavy atom. The molecule has 6 heteroatoms. The van der Waals surface area contributed by atoms with E-state index in [0.717, 1.165) is 16.8 Å². The number of anilines is 2. The van der Waals surface area contributed by atoms with Crippen molar-refractivity contribution in [3.05, 3.63) is 90.0 Å². The van der Waals surface area contributed by atoms with Crippen LogP contribution in [0.4, 0.5) is 11.4 Å².